The first kappa shape index (κ1) is 20.8. The summed E-state index contributed by atoms with van der Waals surface area (Å²) in [5.74, 6) is -0.0192. The van der Waals surface area contributed by atoms with Gasteiger partial charge in [-0.1, -0.05) is 29.8 Å². The smallest absolute Gasteiger partial charge is 0.321 e. The molecular formula is C23H28FN3O2. The second-order valence-electron chi connectivity index (χ2n) is 7.79. The van der Waals surface area contributed by atoms with Gasteiger partial charge in [0, 0.05) is 31.7 Å². The predicted molar refractivity (Wildman–Crippen MR) is 112 cm³/mol. The lowest BCUT2D eigenvalue weighted by Gasteiger charge is -2.32. The fourth-order valence-electron chi connectivity index (χ4n) is 3.63. The molecule has 0 radical (unpaired) electrons. The summed E-state index contributed by atoms with van der Waals surface area (Å²) < 4.78 is 12.9. The van der Waals surface area contributed by atoms with Crippen LogP contribution in [0.2, 0.25) is 0 Å². The van der Waals surface area contributed by atoms with E-state index in [0.29, 0.717) is 26.1 Å². The van der Waals surface area contributed by atoms with Gasteiger partial charge < -0.3 is 15.5 Å². The Bertz CT molecular complexity index is 859. The van der Waals surface area contributed by atoms with E-state index in [9.17, 15) is 14.0 Å². The topological polar surface area (TPSA) is 61.4 Å². The Kier molecular flexibility index (Phi) is 6.86. The molecule has 1 heterocycles. The van der Waals surface area contributed by atoms with Gasteiger partial charge in [-0.05, 0) is 61.9 Å². The summed E-state index contributed by atoms with van der Waals surface area (Å²) >= 11 is 0. The molecule has 0 bridgehead atoms. The molecule has 0 aromatic heterocycles. The van der Waals surface area contributed by atoms with Crippen molar-refractivity contribution in [2.75, 3.05) is 18.4 Å². The highest BCUT2D eigenvalue weighted by atomic mass is 19.1. The molecule has 29 heavy (non-hydrogen) atoms. The highest BCUT2D eigenvalue weighted by molar-refractivity contribution is 5.90. The van der Waals surface area contributed by atoms with Gasteiger partial charge in [-0.2, -0.15) is 0 Å². The van der Waals surface area contributed by atoms with Gasteiger partial charge >= 0.3 is 6.03 Å². The maximum Gasteiger partial charge on any atom is 0.321 e. The maximum absolute atomic E-state index is 12.9. The average molecular weight is 397 g/mol. The van der Waals surface area contributed by atoms with E-state index in [1.165, 1.54) is 17.7 Å². The number of carbonyl (C=O) groups excluding carboxylic acids is 2. The van der Waals surface area contributed by atoms with Gasteiger partial charge in [0.15, 0.2) is 0 Å². The van der Waals surface area contributed by atoms with Gasteiger partial charge in [-0.25, -0.2) is 9.18 Å². The molecule has 5 nitrogen and oxygen atoms in total. The second kappa shape index (κ2) is 9.54. The van der Waals surface area contributed by atoms with Crippen molar-refractivity contribution in [2.45, 2.75) is 39.7 Å². The molecule has 0 saturated carbocycles. The SMILES string of the molecule is Cc1ccc(NC(=O)N2CCC(CC(=O)NCc3ccc(F)cc3)CC2)c(C)c1. The third-order valence-electron chi connectivity index (χ3n) is 5.40. The fourth-order valence-corrected chi connectivity index (χ4v) is 3.63. The lowest BCUT2D eigenvalue weighted by atomic mass is 9.93. The number of benzene rings is 2. The first-order chi connectivity index (χ1) is 13.9. The van der Waals surface area contributed by atoms with E-state index in [4.69, 9.17) is 0 Å². The number of hydrogen-bond donors (Lipinski definition) is 2. The third kappa shape index (κ3) is 6.04. The lowest BCUT2D eigenvalue weighted by molar-refractivity contribution is -0.122. The number of aryl methyl sites for hydroxylation is 2. The average Bonchev–Trinajstić information content (AvgIpc) is 2.70. The third-order valence-corrected chi connectivity index (χ3v) is 5.40. The van der Waals surface area contributed by atoms with Crippen LogP contribution >= 0.6 is 0 Å². The van der Waals surface area contributed by atoms with Crippen molar-refractivity contribution in [2.24, 2.45) is 5.92 Å². The van der Waals surface area contributed by atoms with Crippen LogP contribution in [0.1, 0.15) is 36.0 Å². The quantitative estimate of drug-likeness (QED) is 0.786. The van der Waals surface area contributed by atoms with Crippen LogP contribution < -0.4 is 10.6 Å². The lowest BCUT2D eigenvalue weighted by Crippen LogP contribution is -2.42. The normalized spacial score (nSPS) is 14.5. The number of amides is 3. The number of piperidine rings is 1. The second-order valence-corrected chi connectivity index (χ2v) is 7.79. The molecule has 2 aromatic carbocycles. The summed E-state index contributed by atoms with van der Waals surface area (Å²) in [7, 11) is 0. The van der Waals surface area contributed by atoms with Crippen molar-refractivity contribution in [1.82, 2.24) is 10.2 Å². The first-order valence-electron chi connectivity index (χ1n) is 10.0. The number of nitrogens with one attached hydrogen (secondary N) is 2. The summed E-state index contributed by atoms with van der Waals surface area (Å²) in [5, 5.41) is 5.88. The Labute approximate surface area is 171 Å². The number of anilines is 1. The first-order valence-corrected chi connectivity index (χ1v) is 10.0. The monoisotopic (exact) mass is 397 g/mol. The van der Waals surface area contributed by atoms with E-state index in [1.807, 2.05) is 36.9 Å². The number of halogens is 1. The molecule has 0 atom stereocenters. The summed E-state index contributed by atoms with van der Waals surface area (Å²) in [5.41, 5.74) is 3.92. The van der Waals surface area contributed by atoms with E-state index in [0.717, 1.165) is 29.7 Å². The van der Waals surface area contributed by atoms with Gasteiger partial charge in [0.25, 0.3) is 0 Å². The zero-order chi connectivity index (χ0) is 20.8. The van der Waals surface area contributed by atoms with Gasteiger partial charge in [0.2, 0.25) is 5.91 Å². The molecule has 1 saturated heterocycles. The van der Waals surface area contributed by atoms with Crippen LogP contribution in [0, 0.1) is 25.6 Å². The summed E-state index contributed by atoms with van der Waals surface area (Å²) in [6, 6.07) is 12.0. The van der Waals surface area contributed by atoms with Crippen LogP contribution in [-0.2, 0) is 11.3 Å². The molecule has 2 aromatic rings. The van der Waals surface area contributed by atoms with E-state index < -0.39 is 0 Å². The summed E-state index contributed by atoms with van der Waals surface area (Å²) in [6.45, 7) is 5.70. The number of urea groups is 1. The van der Waals surface area contributed by atoms with Gasteiger partial charge in [-0.15, -0.1) is 0 Å². The Hall–Kier alpha value is -2.89. The number of hydrogen-bond acceptors (Lipinski definition) is 2. The molecule has 154 valence electrons. The van der Waals surface area contributed by atoms with Crippen molar-refractivity contribution in [3.63, 3.8) is 0 Å². The molecule has 1 aliphatic rings. The Morgan fingerprint density at radius 2 is 1.76 bits per heavy atom. The van der Waals surface area contributed by atoms with Crippen LogP contribution in [0.25, 0.3) is 0 Å². The number of likely N-dealkylation sites (tertiary alicyclic amines) is 1. The highest BCUT2D eigenvalue weighted by Gasteiger charge is 2.24. The van der Waals surface area contributed by atoms with Crippen molar-refractivity contribution in [1.29, 1.82) is 0 Å². The maximum atomic E-state index is 12.9. The molecule has 3 rings (SSSR count). The van der Waals surface area contributed by atoms with Crippen LogP contribution in [0.15, 0.2) is 42.5 Å². The molecule has 1 fully saturated rings. The molecule has 0 aliphatic carbocycles. The standard InChI is InChI=1S/C23H28FN3O2/c1-16-3-8-21(17(2)13-16)26-23(29)27-11-9-18(10-12-27)14-22(28)25-15-19-4-6-20(24)7-5-19/h3-8,13,18H,9-12,14-15H2,1-2H3,(H,25,28)(H,26,29). The molecule has 0 unspecified atom stereocenters. The van der Waals surface area contributed by atoms with Crippen LogP contribution in [0.5, 0.6) is 0 Å². The molecule has 6 heteroatoms. The van der Waals surface area contributed by atoms with Crippen LogP contribution in [0.4, 0.5) is 14.9 Å². The highest BCUT2D eigenvalue weighted by Crippen LogP contribution is 2.22. The molecule has 1 aliphatic heterocycles. The van der Waals surface area contributed by atoms with Crippen LogP contribution in [0.3, 0.4) is 0 Å². The zero-order valence-electron chi connectivity index (χ0n) is 17.0. The van der Waals surface area contributed by atoms with Gasteiger partial charge in [0.05, 0.1) is 0 Å². The Balaban J connectivity index is 1.40. The van der Waals surface area contributed by atoms with Crippen molar-refractivity contribution in [3.8, 4) is 0 Å². The summed E-state index contributed by atoms with van der Waals surface area (Å²) in [6.07, 6.45) is 2.07. The van der Waals surface area contributed by atoms with E-state index in [-0.39, 0.29) is 23.7 Å². The largest absolute Gasteiger partial charge is 0.352 e. The minimum absolute atomic E-state index is 0.00694. The zero-order valence-corrected chi connectivity index (χ0v) is 17.0. The number of nitrogens with zero attached hydrogens (tertiary/aromatic N) is 1. The predicted octanol–water partition coefficient (Wildman–Crippen LogP) is 4.39. The van der Waals surface area contributed by atoms with Crippen molar-refractivity contribution >= 4 is 17.6 Å². The van der Waals surface area contributed by atoms with Crippen molar-refractivity contribution in [3.05, 3.63) is 65.0 Å². The van der Waals surface area contributed by atoms with E-state index >= 15 is 0 Å². The van der Waals surface area contributed by atoms with E-state index in [1.54, 1.807) is 12.1 Å². The van der Waals surface area contributed by atoms with E-state index in [2.05, 4.69) is 10.6 Å². The van der Waals surface area contributed by atoms with Crippen LogP contribution in [-0.4, -0.2) is 29.9 Å². The number of rotatable bonds is 5. The fraction of sp³-hybridized carbons (Fsp3) is 0.391. The van der Waals surface area contributed by atoms with Crippen molar-refractivity contribution < 1.29 is 14.0 Å². The molecule has 0 spiro atoms. The minimum atomic E-state index is -0.284. The van der Waals surface area contributed by atoms with Gasteiger partial charge in [-0.3, -0.25) is 4.79 Å². The number of carbonyl (C=O) groups is 2. The molecular weight excluding hydrogens is 369 g/mol. The molecule has 3 amide bonds. The Morgan fingerprint density at radius 3 is 2.41 bits per heavy atom. The van der Waals surface area contributed by atoms with Gasteiger partial charge in [0.1, 0.15) is 5.82 Å². The minimum Gasteiger partial charge on any atom is -0.352 e. The summed E-state index contributed by atoms with van der Waals surface area (Å²) in [4.78, 5) is 26.5. The molecule has 2 N–H and O–H groups in total. The Morgan fingerprint density at radius 1 is 1.07 bits per heavy atom.